The molecule has 0 spiro atoms. The van der Waals surface area contributed by atoms with Crippen molar-refractivity contribution in [2.75, 3.05) is 4.31 Å². The maximum absolute atomic E-state index is 13.2. The first-order valence-electron chi connectivity index (χ1n) is 7.32. The number of benzene rings is 2. The van der Waals surface area contributed by atoms with Gasteiger partial charge in [0.2, 0.25) is 5.24 Å². The topological polar surface area (TPSA) is 54.5 Å². The van der Waals surface area contributed by atoms with E-state index in [0.717, 1.165) is 15.4 Å². The van der Waals surface area contributed by atoms with E-state index in [1.165, 1.54) is 25.1 Å². The third kappa shape index (κ3) is 3.95. The maximum atomic E-state index is 13.2. The van der Waals surface area contributed by atoms with Gasteiger partial charge in [0, 0.05) is 0 Å². The van der Waals surface area contributed by atoms with E-state index in [4.69, 9.17) is 34.8 Å². The monoisotopic (exact) mass is 419 g/mol. The minimum absolute atomic E-state index is 0.0763. The van der Waals surface area contributed by atoms with Gasteiger partial charge in [-0.1, -0.05) is 35.3 Å². The molecule has 1 atom stereocenters. The predicted octanol–water partition coefficient (Wildman–Crippen LogP) is 4.96. The highest BCUT2D eigenvalue weighted by Gasteiger charge is 2.34. The zero-order chi connectivity index (χ0) is 18.9. The fraction of sp³-hybridized carbons (Fsp3) is 0.235. The Bertz CT molecular complexity index is 929. The van der Waals surface area contributed by atoms with E-state index in [-0.39, 0.29) is 14.9 Å². The summed E-state index contributed by atoms with van der Waals surface area (Å²) in [4.78, 5) is 11.7. The second kappa shape index (κ2) is 7.54. The van der Waals surface area contributed by atoms with Crippen LogP contribution in [0.25, 0.3) is 0 Å². The molecular weight excluding hydrogens is 405 g/mol. The van der Waals surface area contributed by atoms with Gasteiger partial charge in [-0.2, -0.15) is 0 Å². The number of nitrogens with zero attached hydrogens (tertiary/aromatic N) is 1. The predicted molar refractivity (Wildman–Crippen MR) is 102 cm³/mol. The Morgan fingerprint density at radius 2 is 1.72 bits per heavy atom. The number of halogens is 3. The van der Waals surface area contributed by atoms with E-state index < -0.39 is 21.3 Å². The summed E-state index contributed by atoms with van der Waals surface area (Å²) in [6.07, 6.45) is 0. The molecule has 0 N–H and O–H groups in total. The highest BCUT2D eigenvalue weighted by molar-refractivity contribution is 7.93. The molecule has 2 rings (SSSR count). The van der Waals surface area contributed by atoms with Crippen LogP contribution in [-0.4, -0.2) is 19.7 Å². The summed E-state index contributed by atoms with van der Waals surface area (Å²) in [7, 11) is -4.09. The van der Waals surface area contributed by atoms with Crippen LogP contribution in [0.1, 0.15) is 18.1 Å². The first kappa shape index (κ1) is 20.0. The van der Waals surface area contributed by atoms with Crippen LogP contribution in [0.2, 0.25) is 10.0 Å². The van der Waals surface area contributed by atoms with Crippen LogP contribution in [0.15, 0.2) is 41.3 Å². The first-order chi connectivity index (χ1) is 11.6. The lowest BCUT2D eigenvalue weighted by Crippen LogP contribution is -2.42. The Balaban J connectivity index is 2.72. The molecule has 0 fully saturated rings. The third-order valence-electron chi connectivity index (χ3n) is 3.94. The second-order valence-electron chi connectivity index (χ2n) is 5.58. The minimum Gasteiger partial charge on any atom is -0.279 e. The molecule has 0 amide bonds. The van der Waals surface area contributed by atoms with Gasteiger partial charge < -0.3 is 0 Å². The summed E-state index contributed by atoms with van der Waals surface area (Å²) in [5, 5.41) is -0.446. The number of carbonyl (C=O) groups excluding carboxylic acids is 1. The highest BCUT2D eigenvalue weighted by atomic mass is 35.5. The molecule has 0 bridgehead atoms. The van der Waals surface area contributed by atoms with E-state index in [1.807, 2.05) is 13.0 Å². The van der Waals surface area contributed by atoms with Crippen LogP contribution in [-0.2, 0) is 14.8 Å². The van der Waals surface area contributed by atoms with Gasteiger partial charge >= 0.3 is 0 Å². The molecule has 134 valence electrons. The van der Waals surface area contributed by atoms with Gasteiger partial charge in [-0.05, 0) is 67.8 Å². The molecule has 0 heterocycles. The normalized spacial score (nSPS) is 12.7. The fourth-order valence-electron chi connectivity index (χ4n) is 2.36. The molecule has 0 saturated carbocycles. The van der Waals surface area contributed by atoms with Crippen molar-refractivity contribution in [1.82, 2.24) is 0 Å². The van der Waals surface area contributed by atoms with Crippen LogP contribution in [0.3, 0.4) is 0 Å². The Kier molecular flexibility index (Phi) is 6.05. The molecule has 4 nitrogen and oxygen atoms in total. The first-order valence-corrected chi connectivity index (χ1v) is 9.89. The smallest absolute Gasteiger partial charge is 0.265 e. The summed E-state index contributed by atoms with van der Waals surface area (Å²) in [6.45, 7) is 5.08. The Hall–Kier alpha value is -1.27. The van der Waals surface area contributed by atoms with Crippen molar-refractivity contribution in [1.29, 1.82) is 0 Å². The van der Waals surface area contributed by atoms with Crippen molar-refractivity contribution < 1.29 is 13.2 Å². The molecule has 0 aromatic heterocycles. The van der Waals surface area contributed by atoms with Gasteiger partial charge in [0.1, 0.15) is 6.04 Å². The number of aryl methyl sites for hydroxylation is 1. The summed E-state index contributed by atoms with van der Waals surface area (Å²) < 4.78 is 27.5. The van der Waals surface area contributed by atoms with Crippen LogP contribution >= 0.6 is 34.8 Å². The lowest BCUT2D eigenvalue weighted by Gasteiger charge is -2.30. The molecule has 2 aromatic carbocycles. The average Bonchev–Trinajstić information content (AvgIpc) is 2.53. The molecular formula is C17H16Cl3NO3S. The number of hydrogen-bond donors (Lipinski definition) is 0. The molecule has 2 aromatic rings. The zero-order valence-electron chi connectivity index (χ0n) is 13.8. The van der Waals surface area contributed by atoms with Crippen LogP contribution in [0, 0.1) is 13.8 Å². The van der Waals surface area contributed by atoms with E-state index in [2.05, 4.69) is 0 Å². The Labute approximate surface area is 162 Å². The van der Waals surface area contributed by atoms with Crippen molar-refractivity contribution in [2.45, 2.75) is 31.7 Å². The SMILES string of the molecule is Cc1cccc(N(C(C)C(=O)Cl)S(=O)(=O)c2ccc(Cl)c(Cl)c2)c1C. The van der Waals surface area contributed by atoms with Gasteiger partial charge in [0.05, 0.1) is 20.6 Å². The summed E-state index contributed by atoms with van der Waals surface area (Å²) >= 11 is 17.5. The summed E-state index contributed by atoms with van der Waals surface area (Å²) in [5.74, 6) is 0. The maximum Gasteiger partial charge on any atom is 0.265 e. The average molecular weight is 421 g/mol. The van der Waals surface area contributed by atoms with Crippen molar-refractivity contribution in [3.05, 3.63) is 57.6 Å². The van der Waals surface area contributed by atoms with E-state index >= 15 is 0 Å². The lowest BCUT2D eigenvalue weighted by molar-refractivity contribution is -0.112. The van der Waals surface area contributed by atoms with Gasteiger partial charge in [-0.25, -0.2) is 8.42 Å². The second-order valence-corrected chi connectivity index (χ2v) is 8.58. The van der Waals surface area contributed by atoms with Crippen LogP contribution < -0.4 is 4.31 Å². The van der Waals surface area contributed by atoms with Crippen molar-refractivity contribution in [3.8, 4) is 0 Å². The van der Waals surface area contributed by atoms with Gasteiger partial charge in [-0.3, -0.25) is 9.10 Å². The quantitative estimate of drug-likeness (QED) is 0.642. The van der Waals surface area contributed by atoms with Gasteiger partial charge in [0.15, 0.2) is 0 Å². The van der Waals surface area contributed by atoms with E-state index in [0.29, 0.717) is 5.69 Å². The van der Waals surface area contributed by atoms with E-state index in [1.54, 1.807) is 19.1 Å². The molecule has 0 aliphatic heterocycles. The van der Waals surface area contributed by atoms with Crippen molar-refractivity contribution in [2.24, 2.45) is 0 Å². The third-order valence-corrected chi connectivity index (χ3v) is 6.88. The largest absolute Gasteiger partial charge is 0.279 e. The zero-order valence-corrected chi connectivity index (χ0v) is 16.8. The molecule has 8 heteroatoms. The summed E-state index contributed by atoms with van der Waals surface area (Å²) in [5.41, 5.74) is 2.00. The van der Waals surface area contributed by atoms with E-state index in [9.17, 15) is 13.2 Å². The number of sulfonamides is 1. The van der Waals surface area contributed by atoms with Crippen molar-refractivity contribution in [3.63, 3.8) is 0 Å². The van der Waals surface area contributed by atoms with Crippen molar-refractivity contribution >= 4 is 55.8 Å². The van der Waals surface area contributed by atoms with Gasteiger partial charge in [-0.15, -0.1) is 0 Å². The Morgan fingerprint density at radius 1 is 1.08 bits per heavy atom. The Morgan fingerprint density at radius 3 is 2.28 bits per heavy atom. The molecule has 0 aliphatic carbocycles. The molecule has 0 radical (unpaired) electrons. The van der Waals surface area contributed by atoms with Crippen LogP contribution in [0.4, 0.5) is 5.69 Å². The number of hydrogen-bond acceptors (Lipinski definition) is 3. The molecule has 25 heavy (non-hydrogen) atoms. The number of anilines is 1. The highest BCUT2D eigenvalue weighted by Crippen LogP contribution is 2.33. The summed E-state index contributed by atoms with van der Waals surface area (Å²) in [6, 6.07) is 8.10. The van der Waals surface area contributed by atoms with Gasteiger partial charge in [0.25, 0.3) is 10.0 Å². The lowest BCUT2D eigenvalue weighted by atomic mass is 10.1. The molecule has 1 unspecified atom stereocenters. The number of rotatable bonds is 5. The molecule has 0 aliphatic rings. The fourth-order valence-corrected chi connectivity index (χ4v) is 4.58. The minimum atomic E-state index is -4.09. The number of carbonyl (C=O) groups is 1. The standard InChI is InChI=1S/C17H16Cl3NO3S/c1-10-5-4-6-16(11(10)2)21(12(3)17(20)22)25(23,24)13-7-8-14(18)15(19)9-13/h4-9,12H,1-3H3. The van der Waals surface area contributed by atoms with Crippen LogP contribution in [0.5, 0.6) is 0 Å². The molecule has 0 saturated heterocycles.